The molecule has 1 saturated carbocycles. The van der Waals surface area contributed by atoms with Crippen LogP contribution in [0.4, 0.5) is 0 Å². The highest BCUT2D eigenvalue weighted by molar-refractivity contribution is 5.91. The first-order valence-corrected chi connectivity index (χ1v) is 7.91. The fraction of sp³-hybridized carbons (Fsp3) is 0.389. The van der Waals surface area contributed by atoms with E-state index in [4.69, 9.17) is 9.52 Å². The van der Waals surface area contributed by atoms with Crippen molar-refractivity contribution in [3.63, 3.8) is 0 Å². The molecular formula is C18H20N2O. The van der Waals surface area contributed by atoms with Crippen molar-refractivity contribution in [2.45, 2.75) is 38.6 Å². The fourth-order valence-corrected chi connectivity index (χ4v) is 3.48. The van der Waals surface area contributed by atoms with E-state index in [0.717, 1.165) is 23.9 Å². The van der Waals surface area contributed by atoms with Crippen LogP contribution in [0.25, 0.3) is 22.4 Å². The maximum absolute atomic E-state index is 5.56. The van der Waals surface area contributed by atoms with Gasteiger partial charge < -0.3 is 4.42 Å². The van der Waals surface area contributed by atoms with Gasteiger partial charge in [0, 0.05) is 11.9 Å². The van der Waals surface area contributed by atoms with E-state index < -0.39 is 0 Å². The van der Waals surface area contributed by atoms with E-state index in [-0.39, 0.29) is 0 Å². The van der Waals surface area contributed by atoms with Crippen LogP contribution in [0.5, 0.6) is 0 Å². The summed E-state index contributed by atoms with van der Waals surface area (Å²) in [5.74, 6) is 1.63. The zero-order valence-corrected chi connectivity index (χ0v) is 12.2. The van der Waals surface area contributed by atoms with Crippen LogP contribution in [-0.4, -0.2) is 9.78 Å². The Morgan fingerprint density at radius 3 is 2.71 bits per heavy atom. The molecule has 0 saturated heterocycles. The highest BCUT2D eigenvalue weighted by Gasteiger charge is 2.18. The van der Waals surface area contributed by atoms with Crippen molar-refractivity contribution in [1.82, 2.24) is 9.78 Å². The molecule has 0 unspecified atom stereocenters. The van der Waals surface area contributed by atoms with E-state index in [9.17, 15) is 0 Å². The van der Waals surface area contributed by atoms with Crippen LogP contribution < -0.4 is 0 Å². The monoisotopic (exact) mass is 280 g/mol. The molecule has 3 aromatic rings. The summed E-state index contributed by atoms with van der Waals surface area (Å²) in [7, 11) is 0. The molecule has 3 nitrogen and oxygen atoms in total. The molecule has 2 heterocycles. The molecular weight excluding hydrogens is 260 g/mol. The first-order valence-electron chi connectivity index (χ1n) is 7.91. The third-order valence-corrected chi connectivity index (χ3v) is 4.57. The molecule has 2 aromatic heterocycles. The van der Waals surface area contributed by atoms with Gasteiger partial charge in [0.15, 0.2) is 5.76 Å². The predicted octanol–water partition coefficient (Wildman–Crippen LogP) is 4.88. The van der Waals surface area contributed by atoms with Crippen LogP contribution in [0.15, 0.2) is 47.1 Å². The van der Waals surface area contributed by atoms with Crippen molar-refractivity contribution in [1.29, 1.82) is 0 Å². The molecule has 0 bridgehead atoms. The molecule has 0 radical (unpaired) electrons. The first kappa shape index (κ1) is 12.7. The normalized spacial score (nSPS) is 16.6. The number of fused-ring (bicyclic) bond motifs is 1. The maximum atomic E-state index is 5.56. The standard InChI is InChI=1S/C18H20N2O/c1-2-7-14(8-3-1)13-20-16-10-5-4-9-15(16)18(19-20)17-11-6-12-21-17/h4-6,9-12,14H,1-3,7-8,13H2. The maximum Gasteiger partial charge on any atom is 0.154 e. The number of benzene rings is 1. The lowest BCUT2D eigenvalue weighted by molar-refractivity contribution is 0.312. The van der Waals surface area contributed by atoms with Crippen LogP contribution >= 0.6 is 0 Å². The smallest absolute Gasteiger partial charge is 0.154 e. The van der Waals surface area contributed by atoms with Crippen molar-refractivity contribution < 1.29 is 4.42 Å². The Labute approximate surface area is 124 Å². The van der Waals surface area contributed by atoms with E-state index in [1.807, 2.05) is 12.1 Å². The zero-order chi connectivity index (χ0) is 14.1. The number of hydrogen-bond donors (Lipinski definition) is 0. The highest BCUT2D eigenvalue weighted by atomic mass is 16.3. The molecule has 108 valence electrons. The molecule has 0 amide bonds. The van der Waals surface area contributed by atoms with Crippen molar-refractivity contribution in [2.24, 2.45) is 5.92 Å². The third kappa shape index (κ3) is 2.37. The molecule has 1 aromatic carbocycles. The Balaban J connectivity index is 1.75. The van der Waals surface area contributed by atoms with Gasteiger partial charge in [-0.2, -0.15) is 5.10 Å². The Morgan fingerprint density at radius 1 is 1.05 bits per heavy atom. The van der Waals surface area contributed by atoms with Crippen LogP contribution in [0.1, 0.15) is 32.1 Å². The van der Waals surface area contributed by atoms with E-state index in [1.165, 1.54) is 43.0 Å². The van der Waals surface area contributed by atoms with E-state index in [0.29, 0.717) is 0 Å². The largest absolute Gasteiger partial charge is 0.463 e. The Morgan fingerprint density at radius 2 is 1.90 bits per heavy atom. The van der Waals surface area contributed by atoms with E-state index in [2.05, 4.69) is 28.9 Å². The topological polar surface area (TPSA) is 31.0 Å². The number of hydrogen-bond acceptors (Lipinski definition) is 2. The molecule has 3 heteroatoms. The van der Waals surface area contributed by atoms with Crippen molar-refractivity contribution in [3.05, 3.63) is 42.7 Å². The number of rotatable bonds is 3. The van der Waals surface area contributed by atoms with Gasteiger partial charge in [-0.15, -0.1) is 0 Å². The summed E-state index contributed by atoms with van der Waals surface area (Å²) in [5, 5.41) is 6.03. The number of aromatic nitrogens is 2. The molecule has 0 N–H and O–H groups in total. The lowest BCUT2D eigenvalue weighted by Crippen LogP contribution is -2.14. The van der Waals surface area contributed by atoms with Gasteiger partial charge in [0.2, 0.25) is 0 Å². The van der Waals surface area contributed by atoms with Gasteiger partial charge in [0.1, 0.15) is 5.69 Å². The van der Waals surface area contributed by atoms with Crippen LogP contribution in [0.3, 0.4) is 0 Å². The summed E-state index contributed by atoms with van der Waals surface area (Å²) in [6, 6.07) is 12.4. The van der Waals surface area contributed by atoms with Gasteiger partial charge >= 0.3 is 0 Å². The molecule has 4 rings (SSSR count). The summed E-state index contributed by atoms with van der Waals surface area (Å²) in [4.78, 5) is 0. The minimum absolute atomic E-state index is 0.770. The summed E-state index contributed by atoms with van der Waals surface area (Å²) in [6.07, 6.45) is 8.52. The molecule has 0 spiro atoms. The lowest BCUT2D eigenvalue weighted by atomic mass is 9.89. The molecule has 1 fully saturated rings. The quantitative estimate of drug-likeness (QED) is 0.685. The molecule has 21 heavy (non-hydrogen) atoms. The minimum Gasteiger partial charge on any atom is -0.463 e. The Hall–Kier alpha value is -2.03. The molecule has 0 atom stereocenters. The Kier molecular flexibility index (Phi) is 3.26. The number of para-hydroxylation sites is 1. The van der Waals surface area contributed by atoms with Crippen molar-refractivity contribution in [2.75, 3.05) is 0 Å². The van der Waals surface area contributed by atoms with Crippen LogP contribution in [-0.2, 0) is 6.54 Å². The van der Waals surface area contributed by atoms with Gasteiger partial charge in [0.05, 0.1) is 11.8 Å². The fourth-order valence-electron chi connectivity index (χ4n) is 3.48. The lowest BCUT2D eigenvalue weighted by Gasteiger charge is -2.21. The molecule has 1 aliphatic rings. The van der Waals surface area contributed by atoms with Crippen molar-refractivity contribution >= 4 is 10.9 Å². The highest BCUT2D eigenvalue weighted by Crippen LogP contribution is 2.31. The van der Waals surface area contributed by atoms with Gasteiger partial charge in [0.25, 0.3) is 0 Å². The van der Waals surface area contributed by atoms with E-state index in [1.54, 1.807) is 6.26 Å². The van der Waals surface area contributed by atoms with Gasteiger partial charge in [-0.25, -0.2) is 0 Å². The zero-order valence-electron chi connectivity index (χ0n) is 12.2. The van der Waals surface area contributed by atoms with E-state index >= 15 is 0 Å². The first-order chi connectivity index (χ1) is 10.4. The van der Waals surface area contributed by atoms with Crippen LogP contribution in [0.2, 0.25) is 0 Å². The second-order valence-corrected chi connectivity index (χ2v) is 6.03. The summed E-state index contributed by atoms with van der Waals surface area (Å²) in [5.41, 5.74) is 2.18. The second kappa shape index (κ2) is 5.40. The van der Waals surface area contributed by atoms with Gasteiger partial charge in [-0.05, 0) is 37.0 Å². The average Bonchev–Trinajstić information content (AvgIpc) is 3.17. The average molecular weight is 280 g/mol. The molecule has 0 aliphatic heterocycles. The van der Waals surface area contributed by atoms with Crippen LogP contribution in [0, 0.1) is 5.92 Å². The number of furan rings is 1. The summed E-state index contributed by atoms with van der Waals surface area (Å²) < 4.78 is 7.74. The SMILES string of the molecule is c1coc(-c2nn(CC3CCCCC3)c3ccccc23)c1. The molecule has 1 aliphatic carbocycles. The number of nitrogens with zero attached hydrogens (tertiary/aromatic N) is 2. The third-order valence-electron chi connectivity index (χ3n) is 4.57. The summed E-state index contributed by atoms with van der Waals surface area (Å²) in [6.45, 7) is 1.03. The summed E-state index contributed by atoms with van der Waals surface area (Å²) >= 11 is 0. The van der Waals surface area contributed by atoms with Gasteiger partial charge in [-0.3, -0.25) is 4.68 Å². The second-order valence-electron chi connectivity index (χ2n) is 6.03. The van der Waals surface area contributed by atoms with Gasteiger partial charge in [-0.1, -0.05) is 37.5 Å². The Bertz CT molecular complexity index is 721. The minimum atomic E-state index is 0.770. The predicted molar refractivity (Wildman–Crippen MR) is 84.0 cm³/mol. The van der Waals surface area contributed by atoms with Crippen molar-refractivity contribution in [3.8, 4) is 11.5 Å².